The van der Waals surface area contributed by atoms with Gasteiger partial charge in [0, 0.05) is 65.8 Å². The van der Waals surface area contributed by atoms with Crippen molar-refractivity contribution in [2.45, 2.75) is 0 Å². The minimum absolute atomic E-state index is 1.15. The van der Waals surface area contributed by atoms with Gasteiger partial charge in [0.1, 0.15) is 0 Å². The Morgan fingerprint density at radius 1 is 0.119 bits per heavy atom. The Balaban J connectivity index is 0.000000132. The van der Waals surface area contributed by atoms with Crippen molar-refractivity contribution in [2.24, 2.45) is 0 Å². The number of benzene rings is 21. The van der Waals surface area contributed by atoms with Crippen molar-refractivity contribution in [1.82, 2.24) is 18.3 Å². The standard InChI is InChI=1S/C58H36N2.C56H34N2/c1-2-12-39-33-44(29-23-37(39)11-1)60-56-20-10-8-18-51(56)54-36-42(26-32-58(54)60)41-25-31-57-53(35-41)50-17-7-9-19-55(50)59(57)43-27-21-38(22-28-43)40-24-30-49-47-15-4-3-13-45(47)46-14-5-6-16-48(46)52(49)34-40;1-2-12-36-31-41(26-23-35(36)11-1)58-53-22-8-6-18-46(53)51-34-38(25-30-55(51)58)37-24-29-54-50(33-37)45-17-5-7-21-52(45)57(54)40-14-9-13-39(32-40)42-27-28-49-44-16-4-3-15-43(44)48-20-10-19-47(42)56(48)49/h1-36H;1-34H. The lowest BCUT2D eigenvalue weighted by atomic mass is 9.92. The van der Waals surface area contributed by atoms with Crippen LogP contribution < -0.4 is 0 Å². The molecule has 0 saturated heterocycles. The predicted molar refractivity (Wildman–Crippen MR) is 501 cm³/mol. The second-order valence-corrected chi connectivity index (χ2v) is 31.8. The highest BCUT2D eigenvalue weighted by Gasteiger charge is 2.25. The van der Waals surface area contributed by atoms with Crippen molar-refractivity contribution < 1.29 is 0 Å². The summed E-state index contributed by atoms with van der Waals surface area (Å²) in [6.45, 7) is 0. The fraction of sp³-hybridized carbons (Fsp3) is 0. The summed E-state index contributed by atoms with van der Waals surface area (Å²) in [6, 6.07) is 157. The van der Waals surface area contributed by atoms with E-state index in [2.05, 4.69) is 443 Å². The molecule has 0 unspecified atom stereocenters. The molecule has 0 atom stereocenters. The lowest BCUT2D eigenvalue weighted by molar-refractivity contribution is 1.18. The molecule has 0 fully saturated rings. The van der Waals surface area contributed by atoms with Crippen molar-refractivity contribution in [3.05, 3.63) is 425 Å². The topological polar surface area (TPSA) is 19.7 Å². The fourth-order valence-electron chi connectivity index (χ4n) is 20.1. The van der Waals surface area contributed by atoms with E-state index in [1.54, 1.807) is 0 Å². The van der Waals surface area contributed by atoms with Gasteiger partial charge in [-0.05, 0) is 259 Å². The summed E-state index contributed by atoms with van der Waals surface area (Å²) in [5, 5.41) is 25.5. The van der Waals surface area contributed by atoms with Gasteiger partial charge in [0.25, 0.3) is 0 Å². The van der Waals surface area contributed by atoms with E-state index in [0.29, 0.717) is 0 Å². The summed E-state index contributed by atoms with van der Waals surface area (Å²) in [5.41, 5.74) is 29.4. The highest BCUT2D eigenvalue weighted by Crippen LogP contribution is 2.51. The van der Waals surface area contributed by atoms with E-state index in [0.717, 1.165) is 11.4 Å². The van der Waals surface area contributed by atoms with Crippen LogP contribution in [0.25, 0.3) is 241 Å². The third kappa shape index (κ3) is 10.1. The van der Waals surface area contributed by atoms with Gasteiger partial charge in [-0.25, -0.2) is 0 Å². The summed E-state index contributed by atoms with van der Waals surface area (Å²) in [6.07, 6.45) is 0. The molecule has 0 aliphatic heterocycles. The molecule has 0 spiro atoms. The second-order valence-electron chi connectivity index (χ2n) is 31.8. The third-order valence-electron chi connectivity index (χ3n) is 25.5. The maximum Gasteiger partial charge on any atom is 0.0541 e. The molecule has 0 saturated carbocycles. The molecule has 21 aromatic carbocycles. The van der Waals surface area contributed by atoms with Crippen molar-refractivity contribution in [2.75, 3.05) is 0 Å². The van der Waals surface area contributed by atoms with E-state index in [1.165, 1.54) is 230 Å². The van der Waals surface area contributed by atoms with Gasteiger partial charge >= 0.3 is 0 Å². The van der Waals surface area contributed by atoms with Crippen molar-refractivity contribution in [1.29, 1.82) is 0 Å². The number of aromatic nitrogens is 4. The first-order valence-electron chi connectivity index (χ1n) is 40.8. The predicted octanol–water partition coefficient (Wildman–Crippen LogP) is 31.0. The fourth-order valence-corrected chi connectivity index (χ4v) is 20.1. The van der Waals surface area contributed by atoms with Gasteiger partial charge < -0.3 is 18.3 Å². The minimum Gasteiger partial charge on any atom is -0.309 e. The molecule has 1 aliphatic carbocycles. The van der Waals surface area contributed by atoms with Gasteiger partial charge in [0.15, 0.2) is 0 Å². The summed E-state index contributed by atoms with van der Waals surface area (Å²) in [4.78, 5) is 0. The van der Waals surface area contributed by atoms with E-state index in [9.17, 15) is 0 Å². The zero-order valence-corrected chi connectivity index (χ0v) is 64.2. The molecule has 0 radical (unpaired) electrons. The van der Waals surface area contributed by atoms with Crippen LogP contribution in [0.3, 0.4) is 0 Å². The Bertz CT molecular complexity index is 8510. The SMILES string of the molecule is c1cc(-c2ccc3c4c(cccc24)-c2ccccc2-3)cc(-n2c3ccccc3c3cc(-c4ccc5c(c4)c4ccccc4n5-c4ccc5ccccc5c4)ccc32)c1.c1ccc2cc(-n3c4ccccc4c4cc(-c5ccc6c(c5)c5ccccc5n6-c5ccc(-c6ccc7c8ccccc8c8ccccc8c7c6)cc5)ccc43)ccc2c1. The van der Waals surface area contributed by atoms with E-state index < -0.39 is 0 Å². The molecule has 0 N–H and O–H groups in total. The molecule has 1 aliphatic rings. The smallest absolute Gasteiger partial charge is 0.0541 e. The first-order valence-corrected chi connectivity index (χ1v) is 40.8. The van der Waals surface area contributed by atoms with Gasteiger partial charge in [0.05, 0.1) is 44.1 Å². The van der Waals surface area contributed by atoms with Crippen LogP contribution in [0.2, 0.25) is 0 Å². The zero-order chi connectivity index (χ0) is 77.2. The molecule has 4 heteroatoms. The largest absolute Gasteiger partial charge is 0.309 e. The average Bonchev–Trinajstić information content (AvgIpc) is 1.55. The Hall–Kier alpha value is -15.6. The first-order chi connectivity index (χ1) is 58.5. The summed E-state index contributed by atoms with van der Waals surface area (Å²) >= 11 is 0. The van der Waals surface area contributed by atoms with Crippen LogP contribution in [0.4, 0.5) is 0 Å². The van der Waals surface area contributed by atoms with Gasteiger partial charge in [-0.15, -0.1) is 0 Å². The molecule has 546 valence electrons. The van der Waals surface area contributed by atoms with Crippen molar-refractivity contribution in [3.63, 3.8) is 0 Å². The lowest BCUT2D eigenvalue weighted by Crippen LogP contribution is -1.94. The van der Waals surface area contributed by atoms with Crippen LogP contribution in [0.15, 0.2) is 425 Å². The number of nitrogens with zero attached hydrogens (tertiary/aromatic N) is 4. The normalized spacial score (nSPS) is 12.1. The first kappa shape index (κ1) is 65.9. The van der Waals surface area contributed by atoms with Crippen molar-refractivity contribution in [3.8, 4) is 89.5 Å². The van der Waals surface area contributed by atoms with Crippen LogP contribution in [-0.4, -0.2) is 18.3 Å². The molecular weight excluding hydrogens is 1430 g/mol. The molecule has 4 aromatic heterocycles. The Labute approximate surface area is 679 Å². The van der Waals surface area contributed by atoms with E-state index in [1.807, 2.05) is 0 Å². The number of fused-ring (bicyclic) bond motifs is 23. The van der Waals surface area contributed by atoms with Gasteiger partial charge in [-0.1, -0.05) is 297 Å². The Morgan fingerprint density at radius 3 is 0.881 bits per heavy atom. The monoisotopic (exact) mass is 1490 g/mol. The van der Waals surface area contributed by atoms with Crippen LogP contribution in [0.1, 0.15) is 0 Å². The maximum absolute atomic E-state index is 2.44. The quantitative estimate of drug-likeness (QED) is 0.135. The lowest BCUT2D eigenvalue weighted by Gasteiger charge is -2.13. The van der Waals surface area contributed by atoms with E-state index in [-0.39, 0.29) is 0 Å². The number of hydrogen-bond donors (Lipinski definition) is 0. The summed E-state index contributed by atoms with van der Waals surface area (Å²) < 4.78 is 9.67. The third-order valence-corrected chi connectivity index (χ3v) is 25.5. The minimum atomic E-state index is 1.15. The molecule has 4 nitrogen and oxygen atoms in total. The molecular formula is C114H70N4. The maximum atomic E-state index is 2.44. The Kier molecular flexibility index (Phi) is 14.5. The number of rotatable bonds is 8. The molecule has 0 amide bonds. The molecule has 26 rings (SSSR count). The number of hydrogen-bond acceptors (Lipinski definition) is 0. The summed E-state index contributed by atoms with van der Waals surface area (Å²) in [5.74, 6) is 0. The van der Waals surface area contributed by atoms with Crippen LogP contribution in [0.5, 0.6) is 0 Å². The van der Waals surface area contributed by atoms with Crippen molar-refractivity contribution >= 4 is 152 Å². The van der Waals surface area contributed by atoms with Crippen LogP contribution in [-0.2, 0) is 0 Å². The van der Waals surface area contributed by atoms with E-state index >= 15 is 0 Å². The highest BCUT2D eigenvalue weighted by atomic mass is 15.0. The number of para-hydroxylation sites is 4. The van der Waals surface area contributed by atoms with Crippen LogP contribution >= 0.6 is 0 Å². The zero-order valence-electron chi connectivity index (χ0n) is 64.2. The molecule has 118 heavy (non-hydrogen) atoms. The molecule has 25 aromatic rings. The average molecular weight is 1500 g/mol. The van der Waals surface area contributed by atoms with Gasteiger partial charge in [0.2, 0.25) is 0 Å². The Morgan fingerprint density at radius 2 is 0.415 bits per heavy atom. The highest BCUT2D eigenvalue weighted by molar-refractivity contribution is 6.26. The molecule has 4 heterocycles. The van der Waals surface area contributed by atoms with E-state index in [4.69, 9.17) is 0 Å². The summed E-state index contributed by atoms with van der Waals surface area (Å²) in [7, 11) is 0. The van der Waals surface area contributed by atoms with Crippen LogP contribution in [0, 0.1) is 0 Å². The second kappa shape index (κ2) is 26.0. The van der Waals surface area contributed by atoms with Gasteiger partial charge in [-0.2, -0.15) is 0 Å². The molecule has 0 bridgehead atoms. The van der Waals surface area contributed by atoms with Gasteiger partial charge in [-0.3, -0.25) is 0 Å².